The van der Waals surface area contributed by atoms with E-state index >= 15 is 0 Å². The van der Waals surface area contributed by atoms with Gasteiger partial charge in [-0.2, -0.15) is 0 Å². The van der Waals surface area contributed by atoms with Gasteiger partial charge in [-0.3, -0.25) is 4.79 Å². The van der Waals surface area contributed by atoms with Crippen molar-refractivity contribution >= 4 is 5.91 Å². The topological polar surface area (TPSA) is 54.7 Å². The number of hydrogen-bond donors (Lipinski definition) is 1. The van der Waals surface area contributed by atoms with Gasteiger partial charge in [0.15, 0.2) is 5.76 Å². The summed E-state index contributed by atoms with van der Waals surface area (Å²) >= 11 is 0. The van der Waals surface area contributed by atoms with Gasteiger partial charge in [-0.1, -0.05) is 37.3 Å². The van der Waals surface area contributed by atoms with Crippen LogP contribution in [0.2, 0.25) is 0 Å². The summed E-state index contributed by atoms with van der Waals surface area (Å²) in [6, 6.07) is 14.2. The highest BCUT2D eigenvalue weighted by molar-refractivity contribution is 5.91. The Balaban J connectivity index is 1.22. The van der Waals surface area contributed by atoms with Gasteiger partial charge in [-0.05, 0) is 49.3 Å². The Hall–Kier alpha value is -2.11. The number of benzene rings is 1. The average Bonchev–Trinajstić information content (AvgIpc) is 3.40. The van der Waals surface area contributed by atoms with Gasteiger partial charge in [0, 0.05) is 26.2 Å². The van der Waals surface area contributed by atoms with E-state index in [1.807, 2.05) is 0 Å². The van der Waals surface area contributed by atoms with Crippen LogP contribution in [0.15, 0.2) is 53.1 Å². The summed E-state index contributed by atoms with van der Waals surface area (Å²) in [5, 5.41) is 2.93. The summed E-state index contributed by atoms with van der Waals surface area (Å²) in [7, 11) is 0. The second-order valence-electron chi connectivity index (χ2n) is 8.26. The maximum atomic E-state index is 12.0. The molecule has 1 aromatic heterocycles. The second-order valence-corrected chi connectivity index (χ2v) is 8.26. The molecule has 28 heavy (non-hydrogen) atoms. The minimum atomic E-state index is -0.167. The van der Waals surface area contributed by atoms with Gasteiger partial charge in [0.1, 0.15) is 0 Å². The summed E-state index contributed by atoms with van der Waals surface area (Å²) in [5.74, 6) is 0.733. The molecular formula is C23H30N2O3. The smallest absolute Gasteiger partial charge is 0.287 e. The summed E-state index contributed by atoms with van der Waals surface area (Å²) in [4.78, 5) is 14.6. The van der Waals surface area contributed by atoms with Crippen LogP contribution in [-0.4, -0.2) is 48.7 Å². The average molecular weight is 383 g/mol. The first-order valence-electron chi connectivity index (χ1n) is 10.4. The largest absolute Gasteiger partial charge is 0.459 e. The molecule has 0 aliphatic carbocycles. The molecule has 0 bridgehead atoms. The SMILES string of the molecule is C[C@H](CN1CCC2(CC[C@H](CNC(=O)c3ccco3)O2)CC1)c1ccccc1. The molecule has 3 heterocycles. The minimum Gasteiger partial charge on any atom is -0.459 e. The number of piperidine rings is 1. The molecule has 5 nitrogen and oxygen atoms in total. The van der Waals surface area contributed by atoms with Gasteiger partial charge in [0.2, 0.25) is 0 Å². The molecule has 1 aromatic carbocycles. The minimum absolute atomic E-state index is 0.00651. The van der Waals surface area contributed by atoms with E-state index in [0.29, 0.717) is 18.2 Å². The molecule has 2 atom stereocenters. The van der Waals surface area contributed by atoms with Crippen molar-refractivity contribution in [2.24, 2.45) is 0 Å². The summed E-state index contributed by atoms with van der Waals surface area (Å²) < 4.78 is 11.6. The first-order chi connectivity index (χ1) is 13.6. The second kappa shape index (κ2) is 8.50. The molecular weight excluding hydrogens is 352 g/mol. The van der Waals surface area contributed by atoms with Crippen LogP contribution in [0.1, 0.15) is 54.6 Å². The number of carbonyl (C=O) groups excluding carboxylic acids is 1. The highest BCUT2D eigenvalue weighted by atomic mass is 16.5. The van der Waals surface area contributed by atoms with Crippen molar-refractivity contribution in [3.05, 3.63) is 60.1 Å². The Bertz CT molecular complexity index is 751. The predicted molar refractivity (Wildman–Crippen MR) is 108 cm³/mol. The number of furan rings is 1. The van der Waals surface area contributed by atoms with Gasteiger partial charge >= 0.3 is 0 Å². The van der Waals surface area contributed by atoms with E-state index in [1.54, 1.807) is 12.1 Å². The molecule has 2 aromatic rings. The highest BCUT2D eigenvalue weighted by Gasteiger charge is 2.42. The molecule has 0 saturated carbocycles. The van der Waals surface area contributed by atoms with Gasteiger partial charge in [0.25, 0.3) is 5.91 Å². The van der Waals surface area contributed by atoms with E-state index in [1.165, 1.54) is 11.8 Å². The van der Waals surface area contributed by atoms with Crippen LogP contribution < -0.4 is 5.32 Å². The Labute approximate surface area is 167 Å². The molecule has 2 saturated heterocycles. The molecule has 4 rings (SSSR count). The van der Waals surface area contributed by atoms with Crippen molar-refractivity contribution < 1.29 is 13.9 Å². The molecule has 2 fully saturated rings. The van der Waals surface area contributed by atoms with E-state index < -0.39 is 0 Å². The van der Waals surface area contributed by atoms with Crippen LogP contribution >= 0.6 is 0 Å². The molecule has 0 radical (unpaired) electrons. The number of amides is 1. The van der Waals surface area contributed by atoms with Crippen LogP contribution in [0.4, 0.5) is 0 Å². The van der Waals surface area contributed by atoms with Crippen molar-refractivity contribution in [1.29, 1.82) is 0 Å². The summed E-state index contributed by atoms with van der Waals surface area (Å²) in [6.45, 7) is 6.13. The normalized spacial score (nSPS) is 23.0. The zero-order valence-electron chi connectivity index (χ0n) is 16.6. The summed E-state index contributed by atoms with van der Waals surface area (Å²) in [5.41, 5.74) is 1.42. The lowest BCUT2D eigenvalue weighted by atomic mass is 9.88. The first kappa shape index (κ1) is 19.2. The number of ether oxygens (including phenoxy) is 1. The van der Waals surface area contributed by atoms with Gasteiger partial charge in [0.05, 0.1) is 18.0 Å². The standard InChI is InChI=1S/C23H30N2O3/c1-18(19-6-3-2-4-7-19)17-25-13-11-23(12-14-25)10-9-20(28-23)16-24-22(26)21-8-5-15-27-21/h2-8,15,18,20H,9-14,16-17H2,1H3,(H,24,26)/t18-,20-/m1/s1. The van der Waals surface area contributed by atoms with Crippen LogP contribution in [0, 0.1) is 0 Å². The third-order valence-electron chi connectivity index (χ3n) is 6.24. The van der Waals surface area contributed by atoms with E-state index in [2.05, 4.69) is 47.5 Å². The van der Waals surface area contributed by atoms with E-state index in [4.69, 9.17) is 9.15 Å². The quantitative estimate of drug-likeness (QED) is 0.825. The molecule has 150 valence electrons. The van der Waals surface area contributed by atoms with E-state index in [-0.39, 0.29) is 17.6 Å². The van der Waals surface area contributed by atoms with Crippen molar-refractivity contribution in [2.75, 3.05) is 26.2 Å². The molecule has 2 aliphatic rings. The number of rotatable bonds is 6. The zero-order chi connectivity index (χ0) is 19.4. The Morgan fingerprint density at radius 3 is 2.68 bits per heavy atom. The highest BCUT2D eigenvalue weighted by Crippen LogP contribution is 2.39. The fourth-order valence-electron chi connectivity index (χ4n) is 4.53. The molecule has 1 N–H and O–H groups in total. The van der Waals surface area contributed by atoms with Gasteiger partial charge in [-0.25, -0.2) is 0 Å². The Morgan fingerprint density at radius 1 is 1.18 bits per heavy atom. The molecule has 1 spiro atoms. The maximum Gasteiger partial charge on any atom is 0.287 e. The Morgan fingerprint density at radius 2 is 1.96 bits per heavy atom. The Kier molecular flexibility index (Phi) is 5.83. The van der Waals surface area contributed by atoms with Crippen LogP contribution in [-0.2, 0) is 4.74 Å². The fourth-order valence-corrected chi connectivity index (χ4v) is 4.53. The van der Waals surface area contributed by atoms with Crippen molar-refractivity contribution in [3.63, 3.8) is 0 Å². The lowest BCUT2D eigenvalue weighted by Gasteiger charge is -2.40. The maximum absolute atomic E-state index is 12.0. The molecule has 2 aliphatic heterocycles. The van der Waals surface area contributed by atoms with Crippen LogP contribution in [0.5, 0.6) is 0 Å². The number of hydrogen-bond acceptors (Lipinski definition) is 4. The number of likely N-dealkylation sites (tertiary alicyclic amines) is 1. The predicted octanol–water partition coefficient (Wildman–Crippen LogP) is 3.83. The lowest BCUT2D eigenvalue weighted by Crippen LogP contribution is -2.46. The number of carbonyl (C=O) groups is 1. The zero-order valence-corrected chi connectivity index (χ0v) is 16.6. The van der Waals surface area contributed by atoms with Crippen LogP contribution in [0.3, 0.4) is 0 Å². The molecule has 1 amide bonds. The van der Waals surface area contributed by atoms with Gasteiger partial charge in [-0.15, -0.1) is 0 Å². The lowest BCUT2D eigenvalue weighted by molar-refractivity contribution is -0.0758. The van der Waals surface area contributed by atoms with Crippen molar-refractivity contribution in [2.45, 2.75) is 50.2 Å². The third kappa shape index (κ3) is 4.47. The van der Waals surface area contributed by atoms with E-state index in [0.717, 1.165) is 45.3 Å². The first-order valence-corrected chi connectivity index (χ1v) is 10.4. The fraction of sp³-hybridized carbons (Fsp3) is 0.522. The van der Waals surface area contributed by atoms with Crippen molar-refractivity contribution in [1.82, 2.24) is 10.2 Å². The van der Waals surface area contributed by atoms with E-state index in [9.17, 15) is 4.79 Å². The molecule has 5 heteroatoms. The van der Waals surface area contributed by atoms with Crippen molar-refractivity contribution in [3.8, 4) is 0 Å². The van der Waals surface area contributed by atoms with Gasteiger partial charge < -0.3 is 19.4 Å². The third-order valence-corrected chi connectivity index (χ3v) is 6.24. The van der Waals surface area contributed by atoms with Crippen LogP contribution in [0.25, 0.3) is 0 Å². The molecule has 0 unspecified atom stereocenters. The summed E-state index contributed by atoms with van der Waals surface area (Å²) in [6.07, 6.45) is 5.89. The monoisotopic (exact) mass is 382 g/mol. The number of nitrogens with one attached hydrogen (secondary N) is 1. The number of nitrogens with zero attached hydrogens (tertiary/aromatic N) is 1.